The van der Waals surface area contributed by atoms with Gasteiger partial charge in [-0.05, 0) is 88.7 Å². The number of rotatable bonds is 6. The molecule has 6 rings (SSSR count). The van der Waals surface area contributed by atoms with Crippen LogP contribution in [0.25, 0.3) is 0 Å². The number of hydrogen-bond donors (Lipinski definition) is 0. The molecule has 1 aliphatic rings. The molecule has 334 valence electrons. The summed E-state index contributed by atoms with van der Waals surface area (Å²) in [4.78, 5) is 19.2. The first-order valence-corrected chi connectivity index (χ1v) is 21.2. The van der Waals surface area contributed by atoms with Crippen LogP contribution < -0.4 is 32.4 Å². The molecule has 1 aromatic heterocycles. The quantitative estimate of drug-likeness (QED) is 0.131. The second kappa shape index (κ2) is 29.6. The van der Waals surface area contributed by atoms with E-state index in [-0.39, 0.29) is 16.8 Å². The molecule has 0 saturated carbocycles. The van der Waals surface area contributed by atoms with E-state index in [0.29, 0.717) is 0 Å². The zero-order valence-corrected chi connectivity index (χ0v) is 39.7. The average Bonchev–Trinajstić information content (AvgIpc) is 3.25. The molecule has 2 heterocycles. The zero-order chi connectivity index (χ0) is 44.4. The van der Waals surface area contributed by atoms with Gasteiger partial charge in [0.2, 0.25) is 0 Å². The van der Waals surface area contributed by atoms with Gasteiger partial charge in [-0.3, -0.25) is 14.8 Å². The van der Waals surface area contributed by atoms with E-state index in [1.807, 2.05) is 13.8 Å². The fourth-order valence-electron chi connectivity index (χ4n) is 6.54. The van der Waals surface area contributed by atoms with Crippen LogP contribution in [0.2, 0.25) is 0 Å². The van der Waals surface area contributed by atoms with Crippen LogP contribution >= 0.6 is 0 Å². The van der Waals surface area contributed by atoms with Crippen LogP contribution in [0.3, 0.4) is 0 Å². The second-order valence-corrected chi connectivity index (χ2v) is 17.1. The van der Waals surface area contributed by atoms with Crippen molar-refractivity contribution >= 4 is 28.0 Å². The van der Waals surface area contributed by atoms with Gasteiger partial charge in [-0.25, -0.2) is 0 Å². The van der Waals surface area contributed by atoms with Gasteiger partial charge in [0.25, 0.3) is 0 Å². The van der Waals surface area contributed by atoms with Gasteiger partial charge in [0.05, 0.1) is 11.4 Å². The first-order chi connectivity index (χ1) is 28.6. The Bertz CT molecular complexity index is 1600. The van der Waals surface area contributed by atoms with Crippen LogP contribution in [-0.2, 0) is 44.4 Å². The first-order valence-electron chi connectivity index (χ1n) is 21.2. The first kappa shape index (κ1) is 55.3. The maximum absolute atomic E-state index is 9.45. The van der Waals surface area contributed by atoms with Crippen molar-refractivity contribution in [2.75, 3.05) is 60.5 Å². The number of nitrogens with zero attached hydrogens (tertiary/aromatic N) is 4. The predicted molar refractivity (Wildman–Crippen MR) is 248 cm³/mol. The Balaban J connectivity index is 0.000000449. The number of aromatic nitrogens is 1. The van der Waals surface area contributed by atoms with Gasteiger partial charge in [-0.2, -0.15) is 21.9 Å². The topological polar surface area (TPSA) is 96.4 Å². The Hall–Kier alpha value is -3.72. The van der Waals surface area contributed by atoms with E-state index in [1.165, 1.54) is 33.2 Å². The minimum Gasteiger partial charge on any atom is -0.723 e. The number of benzene rings is 4. The Labute approximate surface area is 379 Å². The van der Waals surface area contributed by atoms with Crippen LogP contribution in [0.1, 0.15) is 66.8 Å². The molecule has 0 atom stereocenters. The molecule has 0 radical (unpaired) electrons. The summed E-state index contributed by atoms with van der Waals surface area (Å²) in [6.07, 6.45) is -1.22. The third-order valence-corrected chi connectivity index (χ3v) is 9.56. The smallest absolute Gasteiger partial charge is 0.723 e. The van der Waals surface area contributed by atoms with Crippen LogP contribution in [0.4, 0.5) is 0 Å². The summed E-state index contributed by atoms with van der Waals surface area (Å²) < 4.78 is 4.83. The monoisotopic (exact) mass is 878 g/mol. The van der Waals surface area contributed by atoms with E-state index in [1.54, 1.807) is 41.5 Å². The van der Waals surface area contributed by atoms with E-state index in [2.05, 4.69) is 185 Å². The molecule has 4 aromatic carbocycles. The predicted octanol–water partition coefficient (Wildman–Crippen LogP) is 5.15. The number of pyridine rings is 1. The molecule has 0 saturated heterocycles. The van der Waals surface area contributed by atoms with Crippen molar-refractivity contribution in [3.05, 3.63) is 151 Å². The summed E-state index contributed by atoms with van der Waals surface area (Å²) in [5, 5.41) is 18.9. The van der Waals surface area contributed by atoms with Gasteiger partial charge in [0.15, 0.2) is 0 Å². The third-order valence-electron chi connectivity index (χ3n) is 9.56. The van der Waals surface area contributed by atoms with Crippen molar-refractivity contribution in [1.82, 2.24) is 19.7 Å². The van der Waals surface area contributed by atoms with Gasteiger partial charge < -0.3 is 29.9 Å². The summed E-state index contributed by atoms with van der Waals surface area (Å²) in [5.41, 5.74) is 6.67. The molecule has 0 N–H and O–H groups in total. The average molecular weight is 879 g/mol. The molecule has 0 aliphatic carbocycles. The minimum absolute atomic E-state index is 0. The third kappa shape index (κ3) is 21.3. The molecule has 0 amide bonds. The Morgan fingerprint density at radius 1 is 0.475 bits per heavy atom. The molecule has 0 spiro atoms. The summed E-state index contributed by atoms with van der Waals surface area (Å²) in [6.45, 7) is 22.2. The Morgan fingerprint density at radius 3 is 0.967 bits per heavy atom. The van der Waals surface area contributed by atoms with E-state index in [4.69, 9.17) is 9.72 Å². The normalized spacial score (nSPS) is 13.9. The summed E-state index contributed by atoms with van der Waals surface area (Å²) in [7, 11) is 6.53. The molecule has 5 aromatic rings. The second-order valence-electron chi connectivity index (χ2n) is 17.1. The molecule has 0 unspecified atom stereocenters. The van der Waals surface area contributed by atoms with E-state index < -0.39 is 17.3 Å². The maximum atomic E-state index is 9.45. The maximum Gasteiger partial charge on any atom is 3.00 e. The molecule has 9 nitrogen and oxygen atoms in total. The number of ether oxygens (including phenoxy) is 1. The van der Waals surface area contributed by atoms with Gasteiger partial charge in [-0.15, -0.1) is 0 Å². The number of hydrogen-bond acceptors (Lipinski definition) is 9. The van der Waals surface area contributed by atoms with Crippen LogP contribution in [-0.4, -0.2) is 97.6 Å². The molecular weight excluding hydrogens is 806 g/mol. The Kier molecular flexibility index (Phi) is 26.8. The van der Waals surface area contributed by atoms with Crippen LogP contribution in [0.5, 0.6) is 0 Å². The molecule has 1 aliphatic heterocycles. The molecule has 61 heavy (non-hydrogen) atoms. The van der Waals surface area contributed by atoms with Crippen molar-refractivity contribution in [3.63, 3.8) is 0 Å². The molecular formula is C50H72BCoN4O5. The summed E-state index contributed by atoms with van der Waals surface area (Å²) in [5.74, 6) is 0. The van der Waals surface area contributed by atoms with Gasteiger partial charge in [-0.1, -0.05) is 127 Å². The van der Waals surface area contributed by atoms with E-state index >= 15 is 0 Å². The number of likely N-dealkylation sites (N-methyl/N-ethyl adjacent to an activating group) is 3. The van der Waals surface area contributed by atoms with Crippen LogP contribution in [0.15, 0.2) is 140 Å². The van der Waals surface area contributed by atoms with Crippen LogP contribution in [0, 0.1) is 0 Å². The van der Waals surface area contributed by atoms with E-state index in [9.17, 15) is 10.5 Å². The summed E-state index contributed by atoms with van der Waals surface area (Å²) in [6, 6.07) is 49.9. The van der Waals surface area contributed by atoms with E-state index in [0.717, 1.165) is 52.5 Å². The van der Waals surface area contributed by atoms with Gasteiger partial charge >= 0.3 is 16.8 Å². The van der Waals surface area contributed by atoms with Crippen molar-refractivity contribution in [2.24, 2.45) is 0 Å². The standard InChI is InChI=1S/C24H20B.C14H24N4.2C4H10O2.C4H10O.Co/c1-5-13-21(14-6-1)25(22-15-7-2-8-16-22,23-17-9-3-10-18-23)24-19-11-4-12-20-24;1-16-7-9-17(2)11-13-5-4-6-14(15-13)12-18(3)10-8-16;2*1-4(2,3)6-5;1-3-5-4-2;/h1-20H;4-6H,7-12H2,1-3H3;2*5H,1-3H3;3-4H2,1-2H3;/q-1;;;;;+3/p-2. The minimum atomic E-state index is -1.22. The molecule has 2 bridgehead atoms. The molecule has 0 fully saturated rings. The van der Waals surface area contributed by atoms with Crippen molar-refractivity contribution in [2.45, 2.75) is 79.7 Å². The molecule has 11 heteroatoms. The largest absolute Gasteiger partial charge is 3.00 e. The SMILES string of the molecule is CC(C)(C)O[O-].CC(C)(C)O[O-].CCOCC.CN1CCN(C)Cc2cccc(n2)CN(C)CC1.[Co+3].c1ccc([B-](c2ccccc2)(c2ccccc2)c2ccccc2)cc1. The van der Waals surface area contributed by atoms with Crippen molar-refractivity contribution in [1.29, 1.82) is 0 Å². The fraction of sp³-hybridized carbons (Fsp3) is 0.420. The Morgan fingerprint density at radius 2 is 0.738 bits per heavy atom. The number of fused-ring (bicyclic) bond motifs is 2. The van der Waals surface area contributed by atoms with Gasteiger partial charge in [0, 0.05) is 63.7 Å². The summed E-state index contributed by atoms with van der Waals surface area (Å²) >= 11 is 0. The van der Waals surface area contributed by atoms with Crippen molar-refractivity contribution < 1.29 is 41.8 Å². The fourth-order valence-corrected chi connectivity index (χ4v) is 6.54. The van der Waals surface area contributed by atoms with Crippen molar-refractivity contribution in [3.8, 4) is 0 Å². The zero-order valence-electron chi connectivity index (χ0n) is 38.7. The van der Waals surface area contributed by atoms with Gasteiger partial charge in [0.1, 0.15) is 6.15 Å².